The molecule has 3 aromatic heterocycles. The van der Waals surface area contributed by atoms with E-state index in [0.29, 0.717) is 35.8 Å². The predicted octanol–water partition coefficient (Wildman–Crippen LogP) is 4.97. The maximum absolute atomic E-state index is 14.0. The van der Waals surface area contributed by atoms with Crippen molar-refractivity contribution in [2.75, 3.05) is 19.5 Å². The molecule has 216 valence electrons. The van der Waals surface area contributed by atoms with Crippen molar-refractivity contribution in [2.45, 2.75) is 45.4 Å². The number of anilines is 1. The molecule has 0 saturated heterocycles. The Labute approximate surface area is 244 Å². The second kappa shape index (κ2) is 11.3. The summed E-state index contributed by atoms with van der Waals surface area (Å²) in [4.78, 5) is 21.6. The number of nitrogens with two attached hydrogens (primary N) is 1. The van der Waals surface area contributed by atoms with Crippen LogP contribution in [0.25, 0.3) is 33.4 Å². The molecule has 2 aromatic carbocycles. The predicted molar refractivity (Wildman–Crippen MR) is 164 cm³/mol. The first-order chi connectivity index (χ1) is 20.4. The van der Waals surface area contributed by atoms with Crippen molar-refractivity contribution in [3.63, 3.8) is 0 Å². The van der Waals surface area contributed by atoms with E-state index >= 15 is 0 Å². The smallest absolute Gasteiger partial charge is 0.253 e. The standard InChI is InChI=1S/C33H35N5O4/c1-19(2)42-30-15-25-20(13-29(30)41-3)10-11-38-28(25)14-26(32(38)21-8-9-31(34)36-16-21)33(40)37-23(18-39)12-22-17-35-27-7-5-4-6-24(22)27/h4-9,13-17,19,23,35,39H,10-12,18H2,1-3H3,(H2,34,36)(H,37,40). The molecule has 0 fully saturated rings. The molecule has 1 atom stereocenters. The minimum atomic E-state index is -0.478. The van der Waals surface area contributed by atoms with Gasteiger partial charge >= 0.3 is 0 Å². The fraction of sp³-hybridized carbons (Fsp3) is 0.273. The molecule has 0 spiro atoms. The number of pyridine rings is 1. The lowest BCUT2D eigenvalue weighted by atomic mass is 9.97. The number of aliphatic hydroxyl groups is 1. The Morgan fingerprint density at radius 2 is 2.00 bits per heavy atom. The molecule has 1 unspecified atom stereocenters. The van der Waals surface area contributed by atoms with Crippen LogP contribution in [0.4, 0.5) is 5.82 Å². The number of carbonyl (C=O) groups is 1. The molecule has 4 heterocycles. The summed E-state index contributed by atoms with van der Waals surface area (Å²) < 4.78 is 13.9. The highest BCUT2D eigenvalue weighted by Gasteiger charge is 2.29. The first-order valence-corrected chi connectivity index (χ1v) is 14.2. The molecule has 0 aliphatic carbocycles. The van der Waals surface area contributed by atoms with E-state index < -0.39 is 6.04 Å². The van der Waals surface area contributed by atoms with Gasteiger partial charge in [-0.2, -0.15) is 0 Å². The minimum Gasteiger partial charge on any atom is -0.493 e. The third kappa shape index (κ3) is 5.07. The zero-order chi connectivity index (χ0) is 29.4. The van der Waals surface area contributed by atoms with Gasteiger partial charge in [0.25, 0.3) is 5.91 Å². The second-order valence-electron chi connectivity index (χ2n) is 10.9. The number of rotatable bonds is 9. The highest BCUT2D eigenvalue weighted by molar-refractivity contribution is 6.02. The average Bonchev–Trinajstić information content (AvgIpc) is 3.58. The number of aromatic amines is 1. The van der Waals surface area contributed by atoms with Crippen LogP contribution >= 0.6 is 0 Å². The summed E-state index contributed by atoms with van der Waals surface area (Å²) in [6.07, 6.45) is 4.84. The lowest BCUT2D eigenvalue weighted by molar-refractivity contribution is 0.0917. The number of methoxy groups -OCH3 is 1. The van der Waals surface area contributed by atoms with Gasteiger partial charge in [0.15, 0.2) is 11.5 Å². The summed E-state index contributed by atoms with van der Waals surface area (Å²) in [6.45, 7) is 4.42. The third-order valence-corrected chi connectivity index (χ3v) is 7.73. The van der Waals surface area contributed by atoms with Crippen LogP contribution in [-0.2, 0) is 19.4 Å². The fourth-order valence-corrected chi connectivity index (χ4v) is 5.81. The molecule has 5 aromatic rings. The van der Waals surface area contributed by atoms with Gasteiger partial charge in [-0.05, 0) is 74.2 Å². The van der Waals surface area contributed by atoms with E-state index in [4.69, 9.17) is 15.2 Å². The fourth-order valence-electron chi connectivity index (χ4n) is 5.81. The number of nitrogens with one attached hydrogen (secondary N) is 2. The number of H-pyrrole nitrogens is 1. The normalized spacial score (nSPS) is 13.1. The van der Waals surface area contributed by atoms with Gasteiger partial charge in [0, 0.05) is 46.7 Å². The van der Waals surface area contributed by atoms with Crippen LogP contribution in [0.1, 0.15) is 35.3 Å². The van der Waals surface area contributed by atoms with Crippen molar-refractivity contribution in [3.05, 3.63) is 83.7 Å². The summed E-state index contributed by atoms with van der Waals surface area (Å²) in [6, 6.07) is 17.1. The highest BCUT2D eigenvalue weighted by atomic mass is 16.5. The monoisotopic (exact) mass is 565 g/mol. The Bertz CT molecular complexity index is 1750. The van der Waals surface area contributed by atoms with Crippen LogP contribution in [0.15, 0.2) is 67.0 Å². The molecule has 6 rings (SSSR count). The quantitative estimate of drug-likeness (QED) is 0.200. The maximum atomic E-state index is 14.0. The summed E-state index contributed by atoms with van der Waals surface area (Å²) >= 11 is 0. The Morgan fingerprint density at radius 1 is 1.17 bits per heavy atom. The third-order valence-electron chi connectivity index (χ3n) is 7.73. The van der Waals surface area contributed by atoms with Gasteiger partial charge in [0.1, 0.15) is 5.82 Å². The molecule has 0 saturated carbocycles. The minimum absolute atomic E-state index is 0.0300. The van der Waals surface area contributed by atoms with Crippen molar-refractivity contribution in [1.82, 2.24) is 19.9 Å². The molecular weight excluding hydrogens is 530 g/mol. The van der Waals surface area contributed by atoms with Crippen LogP contribution in [0, 0.1) is 0 Å². The lowest BCUT2D eigenvalue weighted by Crippen LogP contribution is -2.39. The van der Waals surface area contributed by atoms with E-state index in [9.17, 15) is 9.90 Å². The number of aryl methyl sites for hydroxylation is 1. The largest absolute Gasteiger partial charge is 0.493 e. The van der Waals surface area contributed by atoms with E-state index in [1.54, 1.807) is 19.4 Å². The lowest BCUT2D eigenvalue weighted by Gasteiger charge is -2.24. The van der Waals surface area contributed by atoms with Gasteiger partial charge in [0.2, 0.25) is 0 Å². The number of hydrogen-bond donors (Lipinski definition) is 4. The number of carbonyl (C=O) groups excluding carboxylic acids is 1. The molecule has 1 aliphatic heterocycles. The van der Waals surface area contributed by atoms with Gasteiger partial charge in [-0.1, -0.05) is 18.2 Å². The number of benzene rings is 2. The van der Waals surface area contributed by atoms with Crippen LogP contribution in [0.3, 0.4) is 0 Å². The molecule has 9 nitrogen and oxygen atoms in total. The Morgan fingerprint density at radius 3 is 2.74 bits per heavy atom. The number of nitrogens with zero attached hydrogens (tertiary/aromatic N) is 2. The van der Waals surface area contributed by atoms with Gasteiger partial charge in [-0.15, -0.1) is 0 Å². The number of fused-ring (bicyclic) bond motifs is 4. The zero-order valence-corrected chi connectivity index (χ0v) is 24.0. The van der Waals surface area contributed by atoms with Crippen LogP contribution in [0.5, 0.6) is 11.5 Å². The van der Waals surface area contributed by atoms with Crippen LogP contribution in [-0.4, -0.2) is 51.4 Å². The van der Waals surface area contributed by atoms with Crippen molar-refractivity contribution in [1.29, 1.82) is 0 Å². The van der Waals surface area contributed by atoms with Gasteiger partial charge in [-0.3, -0.25) is 4.79 Å². The van der Waals surface area contributed by atoms with Gasteiger partial charge in [-0.25, -0.2) is 4.98 Å². The number of nitrogen functional groups attached to an aromatic ring is 1. The zero-order valence-electron chi connectivity index (χ0n) is 24.0. The maximum Gasteiger partial charge on any atom is 0.253 e. The number of hydrogen-bond acceptors (Lipinski definition) is 6. The molecule has 9 heteroatoms. The Balaban J connectivity index is 1.40. The number of amides is 1. The number of ether oxygens (including phenoxy) is 2. The summed E-state index contributed by atoms with van der Waals surface area (Å²) in [7, 11) is 1.64. The topological polar surface area (TPSA) is 127 Å². The molecule has 0 bridgehead atoms. The second-order valence-corrected chi connectivity index (χ2v) is 10.9. The molecular formula is C33H35N5O4. The molecule has 0 radical (unpaired) electrons. The van der Waals surface area contributed by atoms with Gasteiger partial charge in [0.05, 0.1) is 37.1 Å². The van der Waals surface area contributed by atoms with Gasteiger partial charge < -0.3 is 35.2 Å². The average molecular weight is 566 g/mol. The van der Waals surface area contributed by atoms with E-state index in [1.807, 2.05) is 68.6 Å². The molecule has 42 heavy (non-hydrogen) atoms. The van der Waals surface area contributed by atoms with E-state index in [-0.39, 0.29) is 18.6 Å². The van der Waals surface area contributed by atoms with E-state index in [2.05, 4.69) is 19.9 Å². The first-order valence-electron chi connectivity index (χ1n) is 14.2. The highest BCUT2D eigenvalue weighted by Crippen LogP contribution is 2.42. The van der Waals surface area contributed by atoms with Crippen LogP contribution < -0.4 is 20.5 Å². The summed E-state index contributed by atoms with van der Waals surface area (Å²) in [5.74, 6) is 1.48. The first kappa shape index (κ1) is 27.4. The summed E-state index contributed by atoms with van der Waals surface area (Å²) in [5, 5.41) is 14.4. The number of aliphatic hydroxyl groups excluding tert-OH is 1. The van der Waals surface area contributed by atoms with E-state index in [0.717, 1.165) is 51.0 Å². The molecule has 1 amide bonds. The van der Waals surface area contributed by atoms with Crippen molar-refractivity contribution in [2.24, 2.45) is 0 Å². The Hall–Kier alpha value is -4.76. The Kier molecular flexibility index (Phi) is 7.34. The molecule has 1 aliphatic rings. The van der Waals surface area contributed by atoms with Crippen molar-refractivity contribution >= 4 is 22.6 Å². The van der Waals surface area contributed by atoms with Crippen molar-refractivity contribution < 1.29 is 19.4 Å². The summed E-state index contributed by atoms with van der Waals surface area (Å²) in [5.41, 5.74) is 13.0. The SMILES string of the molecule is COc1cc2c(cc1OC(C)C)-c1cc(C(=O)NC(CO)Cc3c[nH]c4ccccc34)c(-c3ccc(N)nc3)n1CC2. The molecule has 5 N–H and O–H groups in total. The van der Waals surface area contributed by atoms with Crippen molar-refractivity contribution in [3.8, 4) is 34.0 Å². The van der Waals surface area contributed by atoms with Crippen LogP contribution in [0.2, 0.25) is 0 Å². The number of aromatic nitrogens is 3. The number of para-hydroxylation sites is 1. The van der Waals surface area contributed by atoms with E-state index in [1.165, 1.54) is 0 Å².